The molecule has 0 spiro atoms. The maximum atomic E-state index is 13.3. The molecular weight excluding hydrogens is 414 g/mol. The molecule has 0 radical (unpaired) electrons. The molecule has 6 nitrogen and oxygen atoms in total. The molecule has 0 aliphatic carbocycles. The summed E-state index contributed by atoms with van der Waals surface area (Å²) in [7, 11) is -3.96. The van der Waals surface area contributed by atoms with Crippen LogP contribution in [0.15, 0.2) is 47.6 Å². The summed E-state index contributed by atoms with van der Waals surface area (Å²) in [5.41, 5.74) is 0.508. The minimum absolute atomic E-state index is 0. The molecule has 1 saturated heterocycles. The maximum Gasteiger partial charge on any atom is 0.269 e. The van der Waals surface area contributed by atoms with Gasteiger partial charge in [0, 0.05) is 44.0 Å². The number of nitrogens with one attached hydrogen (secondary N) is 1. The van der Waals surface area contributed by atoms with E-state index in [-0.39, 0.29) is 22.3 Å². The molecule has 1 N–H and O–H groups in total. The first-order valence-corrected chi connectivity index (χ1v) is 9.92. The number of pyridine rings is 1. The van der Waals surface area contributed by atoms with Crippen molar-refractivity contribution in [1.29, 1.82) is 0 Å². The van der Waals surface area contributed by atoms with Crippen molar-refractivity contribution in [3.8, 4) is 0 Å². The van der Waals surface area contributed by atoms with Gasteiger partial charge in [-0.3, -0.25) is 0 Å². The summed E-state index contributed by atoms with van der Waals surface area (Å²) in [5, 5.41) is 3.88. The van der Waals surface area contributed by atoms with Gasteiger partial charge >= 0.3 is 0 Å². The summed E-state index contributed by atoms with van der Waals surface area (Å²) in [5.74, 6) is 0.166. The van der Waals surface area contributed by atoms with E-state index in [0.717, 1.165) is 53.5 Å². The molecule has 0 amide bonds. The zero-order valence-corrected chi connectivity index (χ0v) is 16.5. The Morgan fingerprint density at radius 2 is 1.89 bits per heavy atom. The van der Waals surface area contributed by atoms with E-state index in [2.05, 4.69) is 15.2 Å². The Hall–Kier alpha value is -1.87. The van der Waals surface area contributed by atoms with E-state index in [1.807, 2.05) is 0 Å². The SMILES string of the molecule is Cl.O=S(=O)(c1ccc(F)cc1Cl)n1ccc2c(N3CCNCC3)nccc21. The maximum absolute atomic E-state index is 13.3. The van der Waals surface area contributed by atoms with Gasteiger partial charge in [-0.15, -0.1) is 12.4 Å². The summed E-state index contributed by atoms with van der Waals surface area (Å²) >= 11 is 5.98. The average molecular weight is 431 g/mol. The highest BCUT2D eigenvalue weighted by Gasteiger charge is 2.24. The highest BCUT2D eigenvalue weighted by atomic mass is 35.5. The number of fused-ring (bicyclic) bond motifs is 1. The van der Waals surface area contributed by atoms with E-state index in [4.69, 9.17) is 11.6 Å². The van der Waals surface area contributed by atoms with Crippen LogP contribution in [-0.2, 0) is 10.0 Å². The van der Waals surface area contributed by atoms with Crippen LogP contribution >= 0.6 is 24.0 Å². The molecule has 0 saturated carbocycles. The molecule has 0 atom stereocenters. The second kappa shape index (κ2) is 7.63. The number of anilines is 1. The molecule has 0 bridgehead atoms. The van der Waals surface area contributed by atoms with Gasteiger partial charge in [-0.1, -0.05) is 11.6 Å². The van der Waals surface area contributed by atoms with E-state index in [1.165, 1.54) is 12.3 Å². The predicted octanol–water partition coefficient (Wildman–Crippen LogP) is 2.90. The first-order chi connectivity index (χ1) is 12.5. The van der Waals surface area contributed by atoms with Crippen LogP contribution in [0.1, 0.15) is 0 Å². The standard InChI is InChI=1S/C17H16ClFN4O2S.ClH/c18-14-11-12(19)1-2-16(14)26(24,25)23-8-4-13-15(23)3-5-21-17(13)22-9-6-20-7-10-22;/h1-5,8,11,20H,6-7,9-10H2;1H. The zero-order valence-electron chi connectivity index (χ0n) is 14.1. The third-order valence-electron chi connectivity index (χ3n) is 4.41. The number of aromatic nitrogens is 2. The number of rotatable bonds is 3. The fourth-order valence-electron chi connectivity index (χ4n) is 3.16. The van der Waals surface area contributed by atoms with Crippen molar-refractivity contribution in [2.24, 2.45) is 0 Å². The second-order valence-electron chi connectivity index (χ2n) is 6.00. The normalized spacial score (nSPS) is 15.0. The third-order valence-corrected chi connectivity index (χ3v) is 6.58. The topological polar surface area (TPSA) is 67.2 Å². The molecule has 10 heteroatoms. The number of hydrogen-bond acceptors (Lipinski definition) is 5. The van der Waals surface area contributed by atoms with Gasteiger partial charge in [0.1, 0.15) is 16.5 Å². The van der Waals surface area contributed by atoms with Gasteiger partial charge in [-0.25, -0.2) is 21.8 Å². The Bertz CT molecular complexity index is 1080. The average Bonchev–Trinajstić information content (AvgIpc) is 3.07. The lowest BCUT2D eigenvalue weighted by molar-refractivity contribution is 0.586. The molecule has 3 aromatic rings. The van der Waals surface area contributed by atoms with E-state index in [1.54, 1.807) is 18.3 Å². The largest absolute Gasteiger partial charge is 0.354 e. The highest BCUT2D eigenvalue weighted by molar-refractivity contribution is 7.90. The van der Waals surface area contributed by atoms with Crippen LogP contribution in [0.3, 0.4) is 0 Å². The van der Waals surface area contributed by atoms with Crippen LogP contribution in [0.5, 0.6) is 0 Å². The Balaban J connectivity index is 0.00000210. The molecule has 1 aliphatic heterocycles. The first kappa shape index (κ1) is 19.9. The summed E-state index contributed by atoms with van der Waals surface area (Å²) in [6.45, 7) is 3.30. The number of benzene rings is 1. The molecule has 0 unspecified atom stereocenters. The van der Waals surface area contributed by atoms with E-state index < -0.39 is 15.8 Å². The van der Waals surface area contributed by atoms with Crippen molar-refractivity contribution in [2.75, 3.05) is 31.1 Å². The second-order valence-corrected chi connectivity index (χ2v) is 8.19. The van der Waals surface area contributed by atoms with E-state index >= 15 is 0 Å². The number of halogens is 3. The summed E-state index contributed by atoms with van der Waals surface area (Å²) < 4.78 is 40.5. The molecule has 1 fully saturated rings. The van der Waals surface area contributed by atoms with Crippen LogP contribution in [0.25, 0.3) is 10.9 Å². The van der Waals surface area contributed by atoms with Crippen LogP contribution in [0, 0.1) is 5.82 Å². The van der Waals surface area contributed by atoms with Gasteiger partial charge < -0.3 is 10.2 Å². The molecule has 1 aromatic carbocycles. The lowest BCUT2D eigenvalue weighted by Gasteiger charge is -2.28. The minimum atomic E-state index is -3.96. The van der Waals surface area contributed by atoms with Gasteiger partial charge in [0.05, 0.1) is 10.5 Å². The number of hydrogen-bond donors (Lipinski definition) is 1. The van der Waals surface area contributed by atoms with Gasteiger partial charge in [0.25, 0.3) is 10.0 Å². The smallest absolute Gasteiger partial charge is 0.269 e. The fraction of sp³-hybridized carbons (Fsp3) is 0.235. The number of nitrogens with zero attached hydrogens (tertiary/aromatic N) is 3. The zero-order chi connectivity index (χ0) is 18.3. The Kier molecular flexibility index (Phi) is 5.62. The van der Waals surface area contributed by atoms with Crippen LogP contribution in [0.4, 0.5) is 10.2 Å². The Morgan fingerprint density at radius 1 is 1.15 bits per heavy atom. The van der Waals surface area contributed by atoms with Crippen LogP contribution in [-0.4, -0.2) is 43.6 Å². The van der Waals surface area contributed by atoms with Crippen LogP contribution in [0.2, 0.25) is 5.02 Å². The molecule has 1 aliphatic rings. The monoisotopic (exact) mass is 430 g/mol. The molecular formula is C17H17Cl2FN4O2S. The number of piperazine rings is 1. The summed E-state index contributed by atoms with van der Waals surface area (Å²) in [4.78, 5) is 6.43. The third kappa shape index (κ3) is 3.50. The van der Waals surface area contributed by atoms with Crippen molar-refractivity contribution in [1.82, 2.24) is 14.3 Å². The lowest BCUT2D eigenvalue weighted by atomic mass is 10.2. The first-order valence-electron chi connectivity index (χ1n) is 8.11. The van der Waals surface area contributed by atoms with Crippen molar-refractivity contribution in [3.05, 3.63) is 53.6 Å². The van der Waals surface area contributed by atoms with Crippen molar-refractivity contribution in [3.63, 3.8) is 0 Å². The lowest BCUT2D eigenvalue weighted by Crippen LogP contribution is -2.43. The predicted molar refractivity (Wildman–Crippen MR) is 106 cm³/mol. The van der Waals surface area contributed by atoms with Crippen molar-refractivity contribution < 1.29 is 12.8 Å². The summed E-state index contributed by atoms with van der Waals surface area (Å²) in [6.07, 6.45) is 3.07. The fourth-order valence-corrected chi connectivity index (χ4v) is 5.01. The van der Waals surface area contributed by atoms with Crippen LogP contribution < -0.4 is 10.2 Å². The molecule has 4 rings (SSSR count). The van der Waals surface area contributed by atoms with E-state index in [9.17, 15) is 12.8 Å². The highest BCUT2D eigenvalue weighted by Crippen LogP contribution is 2.31. The quantitative estimate of drug-likeness (QED) is 0.691. The Morgan fingerprint density at radius 3 is 2.59 bits per heavy atom. The minimum Gasteiger partial charge on any atom is -0.354 e. The van der Waals surface area contributed by atoms with Crippen molar-refractivity contribution in [2.45, 2.75) is 4.90 Å². The van der Waals surface area contributed by atoms with Gasteiger partial charge in [-0.05, 0) is 30.3 Å². The molecule has 144 valence electrons. The van der Waals surface area contributed by atoms with E-state index in [0.29, 0.717) is 5.52 Å². The molecule has 2 aromatic heterocycles. The molecule has 27 heavy (non-hydrogen) atoms. The van der Waals surface area contributed by atoms with Gasteiger partial charge in [-0.2, -0.15) is 0 Å². The molecule has 3 heterocycles. The summed E-state index contributed by atoms with van der Waals surface area (Å²) in [6, 6.07) is 6.63. The van der Waals surface area contributed by atoms with Crippen molar-refractivity contribution >= 4 is 50.8 Å². The Labute approximate surface area is 167 Å². The van der Waals surface area contributed by atoms with Gasteiger partial charge in [0.2, 0.25) is 0 Å². The van der Waals surface area contributed by atoms with Gasteiger partial charge in [0.15, 0.2) is 0 Å².